The molecule has 1 heterocycles. The minimum absolute atomic E-state index is 0.539. The molecular weight excluding hydrogens is 374 g/mol. The molecule has 24 heavy (non-hydrogen) atoms. The Balaban J connectivity index is 2.14. The van der Waals surface area contributed by atoms with Crippen LogP contribution in [-0.2, 0) is 0 Å². The minimum Gasteiger partial charge on any atom is -0.493 e. The van der Waals surface area contributed by atoms with E-state index in [0.717, 1.165) is 21.2 Å². The second-order valence-corrected chi connectivity index (χ2v) is 5.91. The second kappa shape index (κ2) is 6.97. The molecule has 0 saturated carbocycles. The summed E-state index contributed by atoms with van der Waals surface area (Å²) in [6.45, 7) is 0. The molecule has 0 unspecified atom stereocenters. The van der Waals surface area contributed by atoms with Crippen molar-refractivity contribution >= 4 is 15.9 Å². The molecule has 0 aliphatic carbocycles. The van der Waals surface area contributed by atoms with Gasteiger partial charge in [-0.1, -0.05) is 33.2 Å². The van der Waals surface area contributed by atoms with E-state index in [1.807, 2.05) is 36.4 Å². The molecule has 0 atom stereocenters. The van der Waals surface area contributed by atoms with Crippen molar-refractivity contribution in [2.75, 3.05) is 21.3 Å². The highest BCUT2D eigenvalue weighted by Crippen LogP contribution is 2.42. The average Bonchev–Trinajstić information content (AvgIpc) is 3.10. The summed E-state index contributed by atoms with van der Waals surface area (Å²) in [6.07, 6.45) is 1.63. The molecule has 0 amide bonds. The lowest BCUT2D eigenvalue weighted by Gasteiger charge is -2.13. The molecule has 0 fully saturated rings. The smallest absolute Gasteiger partial charge is 0.203 e. The van der Waals surface area contributed by atoms with Gasteiger partial charge in [-0.2, -0.15) is 0 Å². The number of nitrogens with zero attached hydrogens (tertiary/aromatic N) is 1. The third kappa shape index (κ3) is 2.97. The minimum atomic E-state index is 0.539. The Bertz CT molecular complexity index is 817. The van der Waals surface area contributed by atoms with Gasteiger partial charge in [-0.25, -0.2) is 0 Å². The highest BCUT2D eigenvalue weighted by atomic mass is 79.9. The van der Waals surface area contributed by atoms with Crippen LogP contribution in [0.5, 0.6) is 17.2 Å². The summed E-state index contributed by atoms with van der Waals surface area (Å²) in [5.74, 6) is 1.67. The van der Waals surface area contributed by atoms with E-state index in [-0.39, 0.29) is 0 Å². The van der Waals surface area contributed by atoms with Gasteiger partial charge in [0.25, 0.3) is 0 Å². The van der Waals surface area contributed by atoms with E-state index < -0.39 is 0 Å². The van der Waals surface area contributed by atoms with Crippen LogP contribution in [0.4, 0.5) is 0 Å². The predicted molar refractivity (Wildman–Crippen MR) is 94.7 cm³/mol. The molecule has 0 saturated heterocycles. The maximum Gasteiger partial charge on any atom is 0.203 e. The summed E-state index contributed by atoms with van der Waals surface area (Å²) >= 11 is 3.44. The van der Waals surface area contributed by atoms with Gasteiger partial charge in [0.05, 0.1) is 21.3 Å². The first kappa shape index (κ1) is 16.4. The lowest BCUT2D eigenvalue weighted by atomic mass is 10.0. The lowest BCUT2D eigenvalue weighted by molar-refractivity contribution is 0.324. The largest absolute Gasteiger partial charge is 0.493 e. The summed E-state index contributed by atoms with van der Waals surface area (Å²) in [6, 6.07) is 11.6. The molecule has 0 aliphatic rings. The Morgan fingerprint density at radius 3 is 2.04 bits per heavy atom. The molecule has 0 spiro atoms. The Hall–Kier alpha value is -2.47. The summed E-state index contributed by atoms with van der Waals surface area (Å²) < 4.78 is 22.4. The van der Waals surface area contributed by atoms with Crippen molar-refractivity contribution in [3.05, 3.63) is 47.1 Å². The van der Waals surface area contributed by atoms with Gasteiger partial charge in [-0.3, -0.25) is 0 Å². The second-order valence-electron chi connectivity index (χ2n) is 5.00. The SMILES string of the molecule is COc1cc(-c2nocc2-c2ccc(Br)cc2)cc(OC)c1OC. The molecule has 3 aromatic rings. The van der Waals surface area contributed by atoms with Crippen LogP contribution in [0.3, 0.4) is 0 Å². The Morgan fingerprint density at radius 2 is 1.50 bits per heavy atom. The molecule has 0 bridgehead atoms. The van der Waals surface area contributed by atoms with Gasteiger partial charge in [-0.15, -0.1) is 0 Å². The van der Waals surface area contributed by atoms with E-state index in [4.69, 9.17) is 18.7 Å². The van der Waals surface area contributed by atoms with Crippen LogP contribution >= 0.6 is 15.9 Å². The van der Waals surface area contributed by atoms with E-state index in [1.54, 1.807) is 27.6 Å². The van der Waals surface area contributed by atoms with Crippen molar-refractivity contribution in [3.63, 3.8) is 0 Å². The first-order chi connectivity index (χ1) is 11.7. The van der Waals surface area contributed by atoms with Gasteiger partial charge < -0.3 is 18.7 Å². The first-order valence-corrected chi connectivity index (χ1v) is 7.98. The van der Waals surface area contributed by atoms with Crippen LogP contribution in [0, 0.1) is 0 Å². The van der Waals surface area contributed by atoms with E-state index in [2.05, 4.69) is 21.1 Å². The molecule has 2 aromatic carbocycles. The Labute approximate surface area is 148 Å². The Kier molecular flexibility index (Phi) is 4.76. The summed E-state index contributed by atoms with van der Waals surface area (Å²) in [5, 5.41) is 4.15. The number of benzene rings is 2. The van der Waals surface area contributed by atoms with E-state index >= 15 is 0 Å². The van der Waals surface area contributed by atoms with Gasteiger partial charge in [0, 0.05) is 15.6 Å². The monoisotopic (exact) mass is 389 g/mol. The molecule has 0 N–H and O–H groups in total. The third-order valence-electron chi connectivity index (χ3n) is 3.66. The van der Waals surface area contributed by atoms with Crippen LogP contribution in [-0.4, -0.2) is 26.5 Å². The van der Waals surface area contributed by atoms with Gasteiger partial charge in [0.2, 0.25) is 5.75 Å². The normalized spacial score (nSPS) is 10.5. The van der Waals surface area contributed by atoms with Crippen molar-refractivity contribution in [2.24, 2.45) is 0 Å². The van der Waals surface area contributed by atoms with Gasteiger partial charge in [-0.05, 0) is 29.8 Å². The highest BCUT2D eigenvalue weighted by molar-refractivity contribution is 9.10. The number of rotatable bonds is 5. The molecule has 6 heteroatoms. The lowest BCUT2D eigenvalue weighted by Crippen LogP contribution is -1.96. The number of ether oxygens (including phenoxy) is 3. The molecule has 5 nitrogen and oxygen atoms in total. The fraction of sp³-hybridized carbons (Fsp3) is 0.167. The van der Waals surface area contributed by atoms with E-state index in [9.17, 15) is 0 Å². The van der Waals surface area contributed by atoms with E-state index in [0.29, 0.717) is 22.9 Å². The number of hydrogen-bond acceptors (Lipinski definition) is 5. The zero-order chi connectivity index (χ0) is 17.1. The van der Waals surface area contributed by atoms with Crippen molar-refractivity contribution in [1.29, 1.82) is 0 Å². The number of hydrogen-bond donors (Lipinski definition) is 0. The standard InChI is InChI=1S/C18H16BrNO4/c1-21-15-8-12(9-16(22-2)18(15)23-3)17-14(10-24-20-17)11-4-6-13(19)7-5-11/h4-10H,1-3H3. The van der Waals surface area contributed by atoms with Crippen molar-refractivity contribution < 1.29 is 18.7 Å². The van der Waals surface area contributed by atoms with Crippen LogP contribution < -0.4 is 14.2 Å². The van der Waals surface area contributed by atoms with Gasteiger partial charge in [0.1, 0.15) is 12.0 Å². The molecule has 124 valence electrons. The third-order valence-corrected chi connectivity index (χ3v) is 4.19. The fourth-order valence-corrected chi connectivity index (χ4v) is 2.76. The summed E-state index contributed by atoms with van der Waals surface area (Å²) in [7, 11) is 4.74. The number of halogens is 1. The average molecular weight is 390 g/mol. The fourth-order valence-electron chi connectivity index (χ4n) is 2.50. The molecule has 0 aliphatic heterocycles. The summed E-state index contributed by atoms with van der Waals surface area (Å²) in [4.78, 5) is 0. The predicted octanol–water partition coefficient (Wildman–Crippen LogP) is 4.80. The first-order valence-electron chi connectivity index (χ1n) is 7.18. The van der Waals surface area contributed by atoms with Gasteiger partial charge >= 0.3 is 0 Å². The zero-order valence-corrected chi connectivity index (χ0v) is 15.1. The number of methoxy groups -OCH3 is 3. The molecule has 3 rings (SSSR count). The number of aromatic nitrogens is 1. The van der Waals surface area contributed by atoms with Crippen molar-refractivity contribution in [1.82, 2.24) is 5.16 Å². The van der Waals surface area contributed by atoms with Crippen molar-refractivity contribution in [3.8, 4) is 39.6 Å². The maximum atomic E-state index is 5.41. The van der Waals surface area contributed by atoms with Crippen LogP contribution in [0.1, 0.15) is 0 Å². The topological polar surface area (TPSA) is 53.7 Å². The summed E-state index contributed by atoms with van der Waals surface area (Å²) in [5.41, 5.74) is 3.41. The van der Waals surface area contributed by atoms with Crippen LogP contribution in [0.25, 0.3) is 22.4 Å². The quantitative estimate of drug-likeness (QED) is 0.627. The maximum absolute atomic E-state index is 5.41. The highest BCUT2D eigenvalue weighted by Gasteiger charge is 2.18. The van der Waals surface area contributed by atoms with Crippen LogP contribution in [0.15, 0.2) is 51.7 Å². The molecule has 1 aromatic heterocycles. The van der Waals surface area contributed by atoms with Crippen molar-refractivity contribution in [2.45, 2.75) is 0 Å². The Morgan fingerprint density at radius 1 is 0.875 bits per heavy atom. The van der Waals surface area contributed by atoms with E-state index in [1.165, 1.54) is 0 Å². The zero-order valence-electron chi connectivity index (χ0n) is 13.5. The van der Waals surface area contributed by atoms with Crippen LogP contribution in [0.2, 0.25) is 0 Å². The molecule has 0 radical (unpaired) electrons. The van der Waals surface area contributed by atoms with Gasteiger partial charge in [0.15, 0.2) is 11.5 Å². The molecular formula is C18H16BrNO4.